The van der Waals surface area contributed by atoms with Gasteiger partial charge in [-0.25, -0.2) is 4.98 Å². The molecule has 1 heterocycles. The average molecular weight is 404 g/mol. The van der Waals surface area contributed by atoms with Crippen LogP contribution in [0.5, 0.6) is 0 Å². The molecule has 0 saturated heterocycles. The Morgan fingerprint density at radius 1 is 1.13 bits per heavy atom. The van der Waals surface area contributed by atoms with Crippen LogP contribution < -0.4 is 5.32 Å². The molecule has 0 radical (unpaired) electrons. The molecule has 30 heavy (non-hydrogen) atoms. The molecule has 1 amide bonds. The van der Waals surface area contributed by atoms with Gasteiger partial charge in [-0.1, -0.05) is 61.2 Å². The number of nitrogens with zero attached hydrogens (tertiary/aromatic N) is 2. The molecule has 0 atom stereocenters. The highest BCUT2D eigenvalue weighted by Gasteiger charge is 2.21. The third-order valence-corrected chi connectivity index (χ3v) is 5.95. The molecule has 156 valence electrons. The van der Waals surface area contributed by atoms with Gasteiger partial charge in [-0.3, -0.25) is 9.69 Å². The molecule has 0 aliphatic heterocycles. The number of aryl methyl sites for hydroxylation is 1. The molecule has 5 heteroatoms. The smallest absolute Gasteiger partial charge is 0.278 e. The minimum absolute atomic E-state index is 0.256. The van der Waals surface area contributed by atoms with E-state index in [-0.39, 0.29) is 5.91 Å². The molecular formula is C25H29N3O2. The summed E-state index contributed by atoms with van der Waals surface area (Å²) in [7, 11) is 2.18. The van der Waals surface area contributed by atoms with Gasteiger partial charge in [0.15, 0.2) is 17.8 Å². The van der Waals surface area contributed by atoms with E-state index in [1.807, 2.05) is 49.4 Å². The maximum absolute atomic E-state index is 13.0. The van der Waals surface area contributed by atoms with E-state index in [1.165, 1.54) is 38.5 Å². The predicted octanol–water partition coefficient (Wildman–Crippen LogP) is 5.67. The lowest BCUT2D eigenvalue weighted by atomic mass is 9.94. The average Bonchev–Trinajstić information content (AvgIpc) is 3.26. The van der Waals surface area contributed by atoms with E-state index in [2.05, 4.69) is 28.3 Å². The molecule has 1 aromatic heterocycles. The molecule has 1 aliphatic carbocycles. The quantitative estimate of drug-likeness (QED) is 0.576. The largest absolute Gasteiger partial charge is 0.443 e. The minimum Gasteiger partial charge on any atom is -0.443 e. The Hall–Kier alpha value is -2.92. The van der Waals surface area contributed by atoms with Crippen LogP contribution in [0.2, 0.25) is 0 Å². The minimum atomic E-state index is -0.256. The first-order valence-electron chi connectivity index (χ1n) is 10.7. The molecule has 1 saturated carbocycles. The Labute approximate surface area is 178 Å². The summed E-state index contributed by atoms with van der Waals surface area (Å²) >= 11 is 0. The molecule has 3 aromatic rings. The second-order valence-electron chi connectivity index (χ2n) is 8.22. The van der Waals surface area contributed by atoms with Crippen molar-refractivity contribution in [2.45, 2.75) is 51.6 Å². The first-order chi connectivity index (χ1) is 14.6. The normalized spacial score (nSPS) is 14.8. The second-order valence-corrected chi connectivity index (χ2v) is 8.22. The monoisotopic (exact) mass is 403 g/mol. The van der Waals surface area contributed by atoms with E-state index in [0.29, 0.717) is 17.5 Å². The SMILES string of the molecule is Cc1cccc(-c2ocnc2C(=O)Nc2ccccc2CN(C)C2CCCCC2)c1. The highest BCUT2D eigenvalue weighted by atomic mass is 16.3. The number of para-hydroxylation sites is 1. The summed E-state index contributed by atoms with van der Waals surface area (Å²) in [6.45, 7) is 2.82. The number of carbonyl (C=O) groups is 1. The maximum Gasteiger partial charge on any atom is 0.278 e. The zero-order valence-electron chi connectivity index (χ0n) is 17.7. The fourth-order valence-corrected chi connectivity index (χ4v) is 4.28. The Bertz CT molecular complexity index is 1000. The van der Waals surface area contributed by atoms with E-state index in [0.717, 1.165) is 28.9 Å². The number of hydrogen-bond donors (Lipinski definition) is 1. The van der Waals surface area contributed by atoms with Crippen LogP contribution in [-0.4, -0.2) is 28.9 Å². The molecule has 1 N–H and O–H groups in total. The van der Waals surface area contributed by atoms with Crippen molar-refractivity contribution in [3.8, 4) is 11.3 Å². The van der Waals surface area contributed by atoms with Crippen molar-refractivity contribution in [3.63, 3.8) is 0 Å². The predicted molar refractivity (Wildman–Crippen MR) is 119 cm³/mol. The number of rotatable bonds is 6. The van der Waals surface area contributed by atoms with Gasteiger partial charge in [0.1, 0.15) is 0 Å². The van der Waals surface area contributed by atoms with Gasteiger partial charge in [-0.2, -0.15) is 0 Å². The van der Waals surface area contributed by atoms with Gasteiger partial charge in [-0.05, 0) is 44.5 Å². The first-order valence-corrected chi connectivity index (χ1v) is 10.7. The van der Waals surface area contributed by atoms with Gasteiger partial charge in [0.05, 0.1) is 0 Å². The Morgan fingerprint density at radius 2 is 1.93 bits per heavy atom. The van der Waals surface area contributed by atoms with Gasteiger partial charge in [0.2, 0.25) is 0 Å². The number of hydrogen-bond acceptors (Lipinski definition) is 4. The molecule has 4 rings (SSSR count). The number of carbonyl (C=O) groups excluding carboxylic acids is 1. The Kier molecular flexibility index (Phi) is 6.29. The molecule has 0 bridgehead atoms. The number of oxazole rings is 1. The van der Waals surface area contributed by atoms with Crippen LogP contribution in [0.15, 0.2) is 59.3 Å². The number of anilines is 1. The lowest BCUT2D eigenvalue weighted by Crippen LogP contribution is -2.33. The number of amides is 1. The first kappa shape index (κ1) is 20.4. The topological polar surface area (TPSA) is 58.4 Å². The zero-order chi connectivity index (χ0) is 20.9. The second kappa shape index (κ2) is 9.26. The van der Waals surface area contributed by atoms with Crippen molar-refractivity contribution >= 4 is 11.6 Å². The van der Waals surface area contributed by atoms with E-state index >= 15 is 0 Å². The third-order valence-electron chi connectivity index (χ3n) is 5.95. The molecule has 2 aromatic carbocycles. The molecule has 1 fully saturated rings. The van der Waals surface area contributed by atoms with Crippen molar-refractivity contribution in [2.24, 2.45) is 0 Å². The van der Waals surface area contributed by atoms with Crippen LogP contribution in [0.4, 0.5) is 5.69 Å². The third kappa shape index (κ3) is 4.62. The van der Waals surface area contributed by atoms with Crippen LogP contribution in [0.1, 0.15) is 53.7 Å². The standard InChI is InChI=1S/C25H29N3O2/c1-18-9-8-11-19(15-18)24-23(26-17-30-24)25(29)27-22-14-7-6-10-20(22)16-28(2)21-12-4-3-5-13-21/h6-11,14-15,17,21H,3-5,12-13,16H2,1-2H3,(H,27,29). The highest BCUT2D eigenvalue weighted by molar-refractivity contribution is 6.06. The summed E-state index contributed by atoms with van der Waals surface area (Å²) in [4.78, 5) is 19.7. The van der Waals surface area contributed by atoms with Gasteiger partial charge in [0.25, 0.3) is 5.91 Å². The molecule has 0 spiro atoms. The molecule has 5 nitrogen and oxygen atoms in total. The van der Waals surface area contributed by atoms with Crippen molar-refractivity contribution in [2.75, 3.05) is 12.4 Å². The van der Waals surface area contributed by atoms with Crippen LogP contribution in [0.3, 0.4) is 0 Å². The van der Waals surface area contributed by atoms with Crippen molar-refractivity contribution in [1.82, 2.24) is 9.88 Å². The summed E-state index contributed by atoms with van der Waals surface area (Å²) < 4.78 is 5.56. The molecular weight excluding hydrogens is 374 g/mol. The van der Waals surface area contributed by atoms with E-state index in [4.69, 9.17) is 4.42 Å². The number of benzene rings is 2. The summed E-state index contributed by atoms with van der Waals surface area (Å²) in [5, 5.41) is 3.06. The summed E-state index contributed by atoms with van der Waals surface area (Å²) in [5.74, 6) is 0.237. The Morgan fingerprint density at radius 3 is 2.73 bits per heavy atom. The molecule has 0 unspecified atom stereocenters. The van der Waals surface area contributed by atoms with Gasteiger partial charge >= 0.3 is 0 Å². The van der Waals surface area contributed by atoms with E-state index < -0.39 is 0 Å². The molecule has 1 aliphatic rings. The van der Waals surface area contributed by atoms with E-state index in [9.17, 15) is 4.79 Å². The van der Waals surface area contributed by atoms with Crippen LogP contribution in [0.25, 0.3) is 11.3 Å². The van der Waals surface area contributed by atoms with Crippen molar-refractivity contribution in [3.05, 3.63) is 71.7 Å². The van der Waals surface area contributed by atoms with Crippen molar-refractivity contribution in [1.29, 1.82) is 0 Å². The fraction of sp³-hybridized carbons (Fsp3) is 0.360. The van der Waals surface area contributed by atoms with Crippen LogP contribution >= 0.6 is 0 Å². The van der Waals surface area contributed by atoms with Crippen LogP contribution in [-0.2, 0) is 6.54 Å². The van der Waals surface area contributed by atoms with Gasteiger partial charge in [-0.15, -0.1) is 0 Å². The van der Waals surface area contributed by atoms with Crippen molar-refractivity contribution < 1.29 is 9.21 Å². The fourth-order valence-electron chi connectivity index (χ4n) is 4.28. The Balaban J connectivity index is 1.52. The van der Waals surface area contributed by atoms with E-state index in [1.54, 1.807) is 0 Å². The maximum atomic E-state index is 13.0. The lowest BCUT2D eigenvalue weighted by Gasteiger charge is -2.31. The summed E-state index contributed by atoms with van der Waals surface area (Å²) in [5.41, 5.74) is 4.19. The highest BCUT2D eigenvalue weighted by Crippen LogP contribution is 2.27. The lowest BCUT2D eigenvalue weighted by molar-refractivity contribution is 0.102. The zero-order valence-corrected chi connectivity index (χ0v) is 17.7. The van der Waals surface area contributed by atoms with Crippen LogP contribution in [0, 0.1) is 6.92 Å². The number of aromatic nitrogens is 1. The van der Waals surface area contributed by atoms with Gasteiger partial charge in [0, 0.05) is 23.8 Å². The van der Waals surface area contributed by atoms with Gasteiger partial charge < -0.3 is 9.73 Å². The number of nitrogens with one attached hydrogen (secondary N) is 1. The summed E-state index contributed by atoms with van der Waals surface area (Å²) in [6, 6.07) is 16.5. The summed E-state index contributed by atoms with van der Waals surface area (Å²) in [6.07, 6.45) is 7.80.